The molecule has 1 fully saturated rings. The molecule has 1 heterocycles. The largest absolute Gasteiger partial charge is 0.378 e. The summed E-state index contributed by atoms with van der Waals surface area (Å²) in [7, 11) is 0. The Morgan fingerprint density at radius 3 is 2.55 bits per heavy atom. The molecule has 1 saturated heterocycles. The number of fused-ring (bicyclic) bond motifs is 1. The van der Waals surface area contributed by atoms with Crippen molar-refractivity contribution in [1.29, 1.82) is 0 Å². The Morgan fingerprint density at radius 2 is 1.80 bits per heavy atom. The molecule has 0 atom stereocenters. The molecule has 2 aromatic carbocycles. The Hall–Kier alpha value is -1.54. The number of benzene rings is 2. The Morgan fingerprint density at radius 1 is 1.05 bits per heavy atom. The SMILES string of the molecule is CC(C)Cc1ccc2ccccc2c1N1CCOCC1. The predicted molar refractivity (Wildman–Crippen MR) is 85.5 cm³/mol. The molecule has 0 radical (unpaired) electrons. The maximum Gasteiger partial charge on any atom is 0.0642 e. The minimum absolute atomic E-state index is 0.677. The third kappa shape index (κ3) is 2.66. The second-order valence-corrected chi connectivity index (χ2v) is 5.99. The lowest BCUT2D eigenvalue weighted by Gasteiger charge is -2.32. The van der Waals surface area contributed by atoms with E-state index in [2.05, 4.69) is 55.1 Å². The first-order valence-corrected chi connectivity index (χ1v) is 7.59. The van der Waals surface area contributed by atoms with E-state index in [1.54, 1.807) is 0 Å². The molecule has 3 rings (SSSR count). The smallest absolute Gasteiger partial charge is 0.0642 e. The van der Waals surface area contributed by atoms with Crippen LogP contribution in [0.1, 0.15) is 19.4 Å². The summed E-state index contributed by atoms with van der Waals surface area (Å²) in [5.74, 6) is 0.677. The molecule has 106 valence electrons. The summed E-state index contributed by atoms with van der Waals surface area (Å²) in [5.41, 5.74) is 2.90. The maximum absolute atomic E-state index is 5.51. The molecule has 0 aliphatic carbocycles. The van der Waals surface area contributed by atoms with Crippen molar-refractivity contribution in [3.8, 4) is 0 Å². The fraction of sp³-hybridized carbons (Fsp3) is 0.444. The van der Waals surface area contributed by atoms with Crippen LogP contribution >= 0.6 is 0 Å². The third-order valence-electron chi connectivity index (χ3n) is 3.94. The van der Waals surface area contributed by atoms with Gasteiger partial charge in [-0.05, 0) is 23.3 Å². The second-order valence-electron chi connectivity index (χ2n) is 5.99. The van der Waals surface area contributed by atoms with Crippen LogP contribution in [-0.4, -0.2) is 26.3 Å². The lowest BCUT2D eigenvalue weighted by Crippen LogP contribution is -2.37. The highest BCUT2D eigenvalue weighted by atomic mass is 16.5. The van der Waals surface area contributed by atoms with Gasteiger partial charge in [-0.25, -0.2) is 0 Å². The van der Waals surface area contributed by atoms with Crippen LogP contribution in [-0.2, 0) is 11.2 Å². The van der Waals surface area contributed by atoms with Crippen molar-refractivity contribution in [1.82, 2.24) is 0 Å². The van der Waals surface area contributed by atoms with Crippen LogP contribution < -0.4 is 4.90 Å². The van der Waals surface area contributed by atoms with Crippen LogP contribution in [0.15, 0.2) is 36.4 Å². The normalized spacial score (nSPS) is 16.1. The highest BCUT2D eigenvalue weighted by molar-refractivity contribution is 5.96. The van der Waals surface area contributed by atoms with E-state index in [-0.39, 0.29) is 0 Å². The standard InChI is InChI=1S/C18H23NO/c1-14(2)13-16-8-7-15-5-3-4-6-17(15)18(16)19-9-11-20-12-10-19/h3-8,14H,9-13H2,1-2H3. The fourth-order valence-corrected chi connectivity index (χ4v) is 3.07. The first kappa shape index (κ1) is 13.4. The highest BCUT2D eigenvalue weighted by Gasteiger charge is 2.18. The number of rotatable bonds is 3. The summed E-state index contributed by atoms with van der Waals surface area (Å²) < 4.78 is 5.51. The quantitative estimate of drug-likeness (QED) is 0.838. The summed E-state index contributed by atoms with van der Waals surface area (Å²) in [4.78, 5) is 2.50. The number of morpholine rings is 1. The lowest BCUT2D eigenvalue weighted by molar-refractivity contribution is 0.122. The van der Waals surface area contributed by atoms with Crippen molar-refractivity contribution in [3.63, 3.8) is 0 Å². The van der Waals surface area contributed by atoms with Gasteiger partial charge < -0.3 is 9.64 Å². The van der Waals surface area contributed by atoms with E-state index in [1.807, 2.05) is 0 Å². The van der Waals surface area contributed by atoms with Gasteiger partial charge in [-0.15, -0.1) is 0 Å². The number of hydrogen-bond acceptors (Lipinski definition) is 2. The minimum Gasteiger partial charge on any atom is -0.378 e. The molecule has 0 unspecified atom stereocenters. The van der Waals surface area contributed by atoms with E-state index in [4.69, 9.17) is 4.74 Å². The van der Waals surface area contributed by atoms with Gasteiger partial charge in [-0.2, -0.15) is 0 Å². The Balaban J connectivity index is 2.11. The van der Waals surface area contributed by atoms with E-state index in [9.17, 15) is 0 Å². The van der Waals surface area contributed by atoms with Gasteiger partial charge in [-0.1, -0.05) is 50.2 Å². The van der Waals surface area contributed by atoms with Crippen LogP contribution in [0, 0.1) is 5.92 Å². The first-order valence-electron chi connectivity index (χ1n) is 7.59. The monoisotopic (exact) mass is 269 g/mol. The molecule has 0 aromatic heterocycles. The average Bonchev–Trinajstić information content (AvgIpc) is 2.47. The van der Waals surface area contributed by atoms with Gasteiger partial charge in [0.1, 0.15) is 0 Å². The number of nitrogens with zero attached hydrogens (tertiary/aromatic N) is 1. The molecule has 20 heavy (non-hydrogen) atoms. The number of hydrogen-bond donors (Lipinski definition) is 0. The van der Waals surface area contributed by atoms with E-state index in [1.165, 1.54) is 22.0 Å². The average molecular weight is 269 g/mol. The van der Waals surface area contributed by atoms with Crippen molar-refractivity contribution in [3.05, 3.63) is 42.0 Å². The number of anilines is 1. The maximum atomic E-state index is 5.51. The molecule has 0 bridgehead atoms. The molecule has 2 aromatic rings. The van der Waals surface area contributed by atoms with E-state index in [0.29, 0.717) is 5.92 Å². The Bertz CT molecular complexity index is 585. The summed E-state index contributed by atoms with van der Waals surface area (Å²) in [6.07, 6.45) is 1.14. The molecular weight excluding hydrogens is 246 g/mol. The fourth-order valence-electron chi connectivity index (χ4n) is 3.07. The van der Waals surface area contributed by atoms with Crippen LogP contribution in [0.4, 0.5) is 5.69 Å². The lowest BCUT2D eigenvalue weighted by atomic mass is 9.96. The first-order chi connectivity index (χ1) is 9.75. The van der Waals surface area contributed by atoms with E-state index >= 15 is 0 Å². The van der Waals surface area contributed by atoms with Gasteiger partial charge in [0.15, 0.2) is 0 Å². The van der Waals surface area contributed by atoms with Gasteiger partial charge in [0, 0.05) is 24.2 Å². The highest BCUT2D eigenvalue weighted by Crippen LogP contribution is 2.33. The Kier molecular flexibility index (Phi) is 3.93. The van der Waals surface area contributed by atoms with Crippen LogP contribution in [0.5, 0.6) is 0 Å². The molecule has 0 amide bonds. The van der Waals surface area contributed by atoms with Gasteiger partial charge in [0.2, 0.25) is 0 Å². The molecule has 0 saturated carbocycles. The molecule has 1 aliphatic heterocycles. The van der Waals surface area contributed by atoms with Gasteiger partial charge in [-0.3, -0.25) is 0 Å². The topological polar surface area (TPSA) is 12.5 Å². The van der Waals surface area contributed by atoms with E-state index < -0.39 is 0 Å². The van der Waals surface area contributed by atoms with Crippen molar-refractivity contribution in [2.75, 3.05) is 31.2 Å². The molecule has 2 nitrogen and oxygen atoms in total. The minimum atomic E-state index is 0.677. The molecule has 0 spiro atoms. The Labute approximate surface area is 121 Å². The van der Waals surface area contributed by atoms with E-state index in [0.717, 1.165) is 32.7 Å². The summed E-state index contributed by atoms with van der Waals surface area (Å²) in [6, 6.07) is 13.3. The third-order valence-corrected chi connectivity index (χ3v) is 3.94. The molecule has 0 N–H and O–H groups in total. The van der Waals surface area contributed by atoms with Crippen molar-refractivity contribution in [2.45, 2.75) is 20.3 Å². The summed E-state index contributed by atoms with van der Waals surface area (Å²) >= 11 is 0. The number of ether oxygens (including phenoxy) is 1. The molecule has 2 heteroatoms. The molecule has 1 aliphatic rings. The molecular formula is C18H23NO. The van der Waals surface area contributed by atoms with Crippen molar-refractivity contribution in [2.24, 2.45) is 5.92 Å². The zero-order chi connectivity index (χ0) is 13.9. The summed E-state index contributed by atoms with van der Waals surface area (Å²) in [6.45, 7) is 8.25. The summed E-state index contributed by atoms with van der Waals surface area (Å²) in [5, 5.41) is 2.72. The van der Waals surface area contributed by atoms with Crippen molar-refractivity contribution >= 4 is 16.5 Å². The second kappa shape index (κ2) is 5.84. The van der Waals surface area contributed by atoms with Crippen LogP contribution in [0.2, 0.25) is 0 Å². The van der Waals surface area contributed by atoms with Gasteiger partial charge in [0.05, 0.1) is 13.2 Å². The van der Waals surface area contributed by atoms with Crippen LogP contribution in [0.25, 0.3) is 10.8 Å². The zero-order valence-corrected chi connectivity index (χ0v) is 12.4. The predicted octanol–water partition coefficient (Wildman–Crippen LogP) is 3.87. The van der Waals surface area contributed by atoms with Crippen LogP contribution in [0.3, 0.4) is 0 Å². The van der Waals surface area contributed by atoms with Gasteiger partial charge in [0.25, 0.3) is 0 Å². The zero-order valence-electron chi connectivity index (χ0n) is 12.4. The van der Waals surface area contributed by atoms with Gasteiger partial charge >= 0.3 is 0 Å². The van der Waals surface area contributed by atoms with Crippen molar-refractivity contribution < 1.29 is 4.74 Å².